The first-order chi connectivity index (χ1) is 9.19. The van der Waals surface area contributed by atoms with Crippen molar-refractivity contribution in [2.75, 3.05) is 12.4 Å². The molecule has 5 nitrogen and oxygen atoms in total. The Hall–Kier alpha value is -1.78. The summed E-state index contributed by atoms with van der Waals surface area (Å²) in [6, 6.07) is 5.27. The van der Waals surface area contributed by atoms with Gasteiger partial charge in [-0.25, -0.2) is 0 Å². The van der Waals surface area contributed by atoms with Crippen LogP contribution in [0, 0.1) is 22.0 Å². The zero-order valence-corrected chi connectivity index (χ0v) is 11.0. The summed E-state index contributed by atoms with van der Waals surface area (Å²) >= 11 is 0. The van der Waals surface area contributed by atoms with Crippen LogP contribution < -0.4 is 10.1 Å². The number of nitrogens with one attached hydrogen (secondary N) is 1. The summed E-state index contributed by atoms with van der Waals surface area (Å²) in [6.07, 6.45) is 4.97. The normalized spacial score (nSPS) is 18.4. The average Bonchev–Trinajstić information content (AvgIpc) is 3.28. The van der Waals surface area contributed by atoms with Crippen LogP contribution in [0.2, 0.25) is 0 Å². The summed E-state index contributed by atoms with van der Waals surface area (Å²) in [5.74, 6) is 2.04. The lowest BCUT2D eigenvalue weighted by molar-refractivity contribution is -0.384. The number of nitro groups is 1. The molecule has 2 aliphatic rings. The third kappa shape index (κ3) is 2.64. The van der Waals surface area contributed by atoms with Crippen LogP contribution in [-0.4, -0.2) is 18.1 Å². The van der Waals surface area contributed by atoms with Gasteiger partial charge in [-0.3, -0.25) is 10.1 Å². The van der Waals surface area contributed by atoms with Gasteiger partial charge in [-0.1, -0.05) is 0 Å². The highest BCUT2D eigenvalue weighted by atomic mass is 16.6. The Kier molecular flexibility index (Phi) is 3.05. The van der Waals surface area contributed by atoms with Gasteiger partial charge in [0.05, 0.1) is 12.0 Å². The lowest BCUT2D eigenvalue weighted by Crippen LogP contribution is -2.24. The number of ether oxygens (including phenoxy) is 1. The Labute approximate surface area is 112 Å². The van der Waals surface area contributed by atoms with Crippen LogP contribution >= 0.6 is 0 Å². The van der Waals surface area contributed by atoms with Gasteiger partial charge in [0.2, 0.25) is 0 Å². The van der Waals surface area contributed by atoms with Crippen LogP contribution in [0.5, 0.6) is 5.75 Å². The number of nitrogens with zero attached hydrogens (tertiary/aromatic N) is 1. The van der Waals surface area contributed by atoms with E-state index in [1.54, 1.807) is 19.2 Å². The molecule has 0 aromatic heterocycles. The van der Waals surface area contributed by atoms with Crippen LogP contribution in [-0.2, 0) is 0 Å². The highest BCUT2D eigenvalue weighted by molar-refractivity contribution is 5.64. The molecule has 0 aliphatic heterocycles. The second-order valence-corrected chi connectivity index (χ2v) is 5.49. The van der Waals surface area contributed by atoms with Crippen LogP contribution in [0.4, 0.5) is 11.4 Å². The predicted octanol–water partition coefficient (Wildman–Crippen LogP) is 3.20. The number of nitro benzene ring substituents is 1. The summed E-state index contributed by atoms with van der Waals surface area (Å²) in [7, 11) is 1.57. The van der Waals surface area contributed by atoms with Gasteiger partial charge in [-0.15, -0.1) is 0 Å². The minimum Gasteiger partial charge on any atom is -0.497 e. The number of benzene rings is 1. The van der Waals surface area contributed by atoms with Gasteiger partial charge in [0.15, 0.2) is 0 Å². The average molecular weight is 262 g/mol. The lowest BCUT2D eigenvalue weighted by Gasteiger charge is -2.19. The van der Waals surface area contributed by atoms with Crippen molar-refractivity contribution in [3.8, 4) is 5.75 Å². The number of rotatable bonds is 6. The predicted molar refractivity (Wildman–Crippen MR) is 72.5 cm³/mol. The van der Waals surface area contributed by atoms with Gasteiger partial charge in [0.25, 0.3) is 5.69 Å². The van der Waals surface area contributed by atoms with Gasteiger partial charge < -0.3 is 10.1 Å². The molecule has 0 unspecified atom stereocenters. The summed E-state index contributed by atoms with van der Waals surface area (Å²) in [5.41, 5.74) is 0.722. The third-order valence-corrected chi connectivity index (χ3v) is 3.98. The standard InChI is InChI=1S/C14H18N2O3/c1-19-11-6-7-13(16(17)18)12(8-11)15-14(9-2-3-9)10-4-5-10/h6-10,14-15H,2-5H2,1H3. The maximum absolute atomic E-state index is 11.1. The largest absolute Gasteiger partial charge is 0.497 e. The molecule has 0 atom stereocenters. The molecule has 0 spiro atoms. The third-order valence-electron chi connectivity index (χ3n) is 3.98. The Morgan fingerprint density at radius 1 is 1.32 bits per heavy atom. The second kappa shape index (κ2) is 4.72. The molecule has 102 valence electrons. The summed E-state index contributed by atoms with van der Waals surface area (Å²) in [5, 5.41) is 14.5. The van der Waals surface area contributed by atoms with E-state index in [1.807, 2.05) is 0 Å². The molecule has 1 aromatic carbocycles. The van der Waals surface area contributed by atoms with Crippen LogP contribution in [0.25, 0.3) is 0 Å². The molecule has 19 heavy (non-hydrogen) atoms. The fourth-order valence-electron chi connectivity index (χ4n) is 2.63. The van der Waals surface area contributed by atoms with E-state index in [9.17, 15) is 10.1 Å². The molecule has 2 aliphatic carbocycles. The van der Waals surface area contributed by atoms with E-state index >= 15 is 0 Å². The summed E-state index contributed by atoms with van der Waals surface area (Å²) in [6.45, 7) is 0. The van der Waals surface area contributed by atoms with Crippen molar-refractivity contribution in [1.29, 1.82) is 0 Å². The van der Waals surface area contributed by atoms with Crippen molar-refractivity contribution >= 4 is 11.4 Å². The number of hydrogen-bond donors (Lipinski definition) is 1. The number of hydrogen-bond acceptors (Lipinski definition) is 4. The maximum Gasteiger partial charge on any atom is 0.292 e. The maximum atomic E-state index is 11.1. The molecule has 5 heteroatoms. The Balaban J connectivity index is 1.86. The van der Waals surface area contributed by atoms with Crippen molar-refractivity contribution in [3.63, 3.8) is 0 Å². The molecular formula is C14H18N2O3. The lowest BCUT2D eigenvalue weighted by atomic mass is 10.1. The van der Waals surface area contributed by atoms with Crippen molar-refractivity contribution in [3.05, 3.63) is 28.3 Å². The minimum absolute atomic E-state index is 0.132. The molecule has 0 saturated heterocycles. The summed E-state index contributed by atoms with van der Waals surface area (Å²) in [4.78, 5) is 10.8. The van der Waals surface area contributed by atoms with Crippen LogP contribution in [0.15, 0.2) is 18.2 Å². The molecule has 1 N–H and O–H groups in total. The Morgan fingerprint density at radius 3 is 2.42 bits per heavy atom. The van der Waals surface area contributed by atoms with E-state index in [4.69, 9.17) is 4.74 Å². The highest BCUT2D eigenvalue weighted by Crippen LogP contribution is 2.46. The molecule has 0 radical (unpaired) electrons. The quantitative estimate of drug-likeness (QED) is 0.631. The first kappa shape index (κ1) is 12.3. The number of anilines is 1. The van der Waals surface area contributed by atoms with E-state index in [2.05, 4.69) is 5.32 Å². The fourth-order valence-corrected chi connectivity index (χ4v) is 2.63. The molecular weight excluding hydrogens is 244 g/mol. The van der Waals surface area contributed by atoms with E-state index in [0.717, 1.165) is 0 Å². The van der Waals surface area contributed by atoms with E-state index in [1.165, 1.54) is 31.7 Å². The van der Waals surface area contributed by atoms with Crippen molar-refractivity contribution < 1.29 is 9.66 Å². The van der Waals surface area contributed by atoms with E-state index in [0.29, 0.717) is 29.3 Å². The Bertz CT molecular complexity index is 483. The van der Waals surface area contributed by atoms with Gasteiger partial charge >= 0.3 is 0 Å². The van der Waals surface area contributed by atoms with Crippen molar-refractivity contribution in [2.24, 2.45) is 11.8 Å². The topological polar surface area (TPSA) is 64.4 Å². The molecule has 1 aromatic rings. The Morgan fingerprint density at radius 2 is 1.95 bits per heavy atom. The second-order valence-electron chi connectivity index (χ2n) is 5.49. The van der Waals surface area contributed by atoms with Gasteiger partial charge in [-0.05, 0) is 43.6 Å². The van der Waals surface area contributed by atoms with Gasteiger partial charge in [0.1, 0.15) is 11.4 Å². The number of methoxy groups -OCH3 is 1. The first-order valence-corrected chi connectivity index (χ1v) is 6.78. The van der Waals surface area contributed by atoms with E-state index < -0.39 is 0 Å². The molecule has 3 rings (SSSR count). The molecule has 2 saturated carbocycles. The zero-order chi connectivity index (χ0) is 13.4. The SMILES string of the molecule is COc1ccc([N+](=O)[O-])c(NC(C2CC2)C2CC2)c1. The fraction of sp³-hybridized carbons (Fsp3) is 0.571. The van der Waals surface area contributed by atoms with Crippen LogP contribution in [0.1, 0.15) is 25.7 Å². The molecule has 2 fully saturated rings. The van der Waals surface area contributed by atoms with Crippen molar-refractivity contribution in [2.45, 2.75) is 31.7 Å². The van der Waals surface area contributed by atoms with Gasteiger partial charge in [0, 0.05) is 18.2 Å². The van der Waals surface area contributed by atoms with E-state index in [-0.39, 0.29) is 10.6 Å². The molecule has 0 bridgehead atoms. The highest BCUT2D eigenvalue weighted by Gasteiger charge is 2.42. The monoisotopic (exact) mass is 262 g/mol. The van der Waals surface area contributed by atoms with Gasteiger partial charge in [-0.2, -0.15) is 0 Å². The van der Waals surface area contributed by atoms with Crippen LogP contribution in [0.3, 0.4) is 0 Å². The smallest absolute Gasteiger partial charge is 0.292 e. The summed E-state index contributed by atoms with van der Waals surface area (Å²) < 4.78 is 5.16. The first-order valence-electron chi connectivity index (χ1n) is 6.78. The molecule has 0 amide bonds. The zero-order valence-electron chi connectivity index (χ0n) is 11.0. The molecule has 0 heterocycles. The minimum atomic E-state index is -0.335. The van der Waals surface area contributed by atoms with Crippen molar-refractivity contribution in [1.82, 2.24) is 0 Å².